The van der Waals surface area contributed by atoms with Crippen molar-refractivity contribution in [1.82, 2.24) is 4.90 Å². The van der Waals surface area contributed by atoms with Gasteiger partial charge in [0, 0.05) is 6.54 Å². The van der Waals surface area contributed by atoms with Crippen LogP contribution in [-0.4, -0.2) is 36.7 Å². The van der Waals surface area contributed by atoms with Gasteiger partial charge in [0.05, 0.1) is 12.2 Å². The minimum atomic E-state index is -0.463. The lowest BCUT2D eigenvalue weighted by Gasteiger charge is -2.44. The molecule has 3 fully saturated rings. The van der Waals surface area contributed by atoms with Crippen LogP contribution in [0.15, 0.2) is 41.1 Å². The highest BCUT2D eigenvalue weighted by atomic mass is 35.5. The van der Waals surface area contributed by atoms with Crippen molar-refractivity contribution < 1.29 is 13.9 Å². The molecule has 26 heavy (non-hydrogen) atoms. The van der Waals surface area contributed by atoms with Crippen molar-refractivity contribution in [3.8, 4) is 0 Å². The normalized spacial score (nSPS) is 24.0. The minimum absolute atomic E-state index is 0. The first-order valence-electron chi connectivity index (χ1n) is 8.67. The Morgan fingerprint density at radius 3 is 2.65 bits per heavy atom. The van der Waals surface area contributed by atoms with Crippen LogP contribution in [0.25, 0.3) is 0 Å². The Morgan fingerprint density at radius 2 is 2.04 bits per heavy atom. The van der Waals surface area contributed by atoms with Crippen LogP contribution in [0.2, 0.25) is 0 Å². The Bertz CT molecular complexity index is 735. The van der Waals surface area contributed by atoms with E-state index in [0.29, 0.717) is 12.5 Å². The van der Waals surface area contributed by atoms with Crippen LogP contribution in [-0.2, 0) is 11.3 Å². The number of para-hydroxylation sites is 1. The second-order valence-corrected chi connectivity index (χ2v) is 7.51. The lowest BCUT2D eigenvalue weighted by Crippen LogP contribution is -2.53. The number of rotatable bonds is 4. The highest BCUT2D eigenvalue weighted by Gasteiger charge is 2.37. The molecule has 3 saturated heterocycles. The first kappa shape index (κ1) is 19.1. The number of hydrogen-bond donors (Lipinski definition) is 0. The Kier molecular flexibility index (Phi) is 6.16. The Labute approximate surface area is 163 Å². The van der Waals surface area contributed by atoms with E-state index in [1.54, 1.807) is 29.5 Å². The molecule has 2 aromatic rings. The lowest BCUT2D eigenvalue weighted by atomic mass is 9.86. The molecule has 2 bridgehead atoms. The number of thiophene rings is 1. The third-order valence-electron chi connectivity index (χ3n) is 5.13. The molecule has 0 N–H and O–H groups in total. The van der Waals surface area contributed by atoms with Gasteiger partial charge in [-0.25, -0.2) is 9.18 Å². The molecule has 0 radical (unpaired) electrons. The monoisotopic (exact) mass is 396 g/mol. The van der Waals surface area contributed by atoms with Crippen LogP contribution >= 0.6 is 23.7 Å². The van der Waals surface area contributed by atoms with E-state index in [0.717, 1.165) is 38.0 Å². The summed E-state index contributed by atoms with van der Waals surface area (Å²) in [5.41, 5.74) is 1.24. The van der Waals surface area contributed by atoms with Crippen LogP contribution in [0.5, 0.6) is 0 Å². The van der Waals surface area contributed by atoms with E-state index < -0.39 is 11.9 Å². The van der Waals surface area contributed by atoms with E-state index in [1.807, 2.05) is 16.8 Å². The zero-order valence-electron chi connectivity index (χ0n) is 14.3. The predicted molar refractivity (Wildman–Crippen MR) is 104 cm³/mol. The van der Waals surface area contributed by atoms with Crippen molar-refractivity contribution in [1.29, 1.82) is 0 Å². The van der Waals surface area contributed by atoms with Gasteiger partial charge in [0.1, 0.15) is 11.9 Å². The summed E-state index contributed by atoms with van der Waals surface area (Å²) in [6.07, 6.45) is 1.59. The molecule has 3 aliphatic heterocycles. The van der Waals surface area contributed by atoms with E-state index in [9.17, 15) is 9.18 Å². The summed E-state index contributed by atoms with van der Waals surface area (Å²) in [5, 5.41) is 3.92. The number of nitrogens with zero attached hydrogens (tertiary/aromatic N) is 2. The van der Waals surface area contributed by atoms with Crippen LogP contribution in [0.4, 0.5) is 14.9 Å². The zero-order valence-corrected chi connectivity index (χ0v) is 16.0. The summed E-state index contributed by atoms with van der Waals surface area (Å²) in [4.78, 5) is 16.6. The quantitative estimate of drug-likeness (QED) is 0.760. The number of halogens is 2. The standard InChI is InChI=1S/C19H21FN2O2S.ClH/c20-16-3-1-2-4-17(16)22(11-14-7-10-25-13-14)19(23)24-18-12-21-8-5-15(18)6-9-21;/h1-4,7,10,13,15,18H,5-6,8-9,11-12H2;1H/t18-;/m0./s1. The van der Waals surface area contributed by atoms with Crippen molar-refractivity contribution in [2.24, 2.45) is 5.92 Å². The number of carbonyl (C=O) groups excluding carboxylic acids is 1. The Balaban J connectivity index is 0.00000196. The molecule has 5 rings (SSSR count). The third kappa shape index (κ3) is 4.03. The zero-order chi connectivity index (χ0) is 17.2. The summed E-state index contributed by atoms with van der Waals surface area (Å²) < 4.78 is 20.1. The topological polar surface area (TPSA) is 32.8 Å². The van der Waals surface area contributed by atoms with Gasteiger partial charge in [-0.05, 0) is 66.4 Å². The highest BCUT2D eigenvalue weighted by molar-refractivity contribution is 7.07. The highest BCUT2D eigenvalue weighted by Crippen LogP contribution is 2.31. The van der Waals surface area contributed by atoms with Crippen molar-refractivity contribution in [3.63, 3.8) is 0 Å². The molecule has 0 aliphatic carbocycles. The largest absolute Gasteiger partial charge is 0.444 e. The SMILES string of the molecule is Cl.O=C(O[C@H]1CN2CCC1CC2)N(Cc1ccsc1)c1ccccc1F. The fourth-order valence-corrected chi connectivity index (χ4v) is 4.38. The number of anilines is 1. The van der Waals surface area contributed by atoms with E-state index in [4.69, 9.17) is 4.74 Å². The number of fused-ring (bicyclic) bond motifs is 3. The van der Waals surface area contributed by atoms with Crippen LogP contribution in [0.3, 0.4) is 0 Å². The Morgan fingerprint density at radius 1 is 1.27 bits per heavy atom. The molecule has 140 valence electrons. The molecular weight excluding hydrogens is 375 g/mol. The number of benzene rings is 1. The second-order valence-electron chi connectivity index (χ2n) is 6.73. The molecule has 1 aromatic heterocycles. The van der Waals surface area contributed by atoms with Crippen molar-refractivity contribution in [2.75, 3.05) is 24.5 Å². The maximum atomic E-state index is 14.3. The summed E-state index contributed by atoms with van der Waals surface area (Å²) in [6, 6.07) is 8.30. The van der Waals surface area contributed by atoms with E-state index in [-0.39, 0.29) is 24.2 Å². The molecule has 0 spiro atoms. The second kappa shape index (κ2) is 8.37. The van der Waals surface area contributed by atoms with Crippen LogP contribution < -0.4 is 4.90 Å². The smallest absolute Gasteiger partial charge is 0.415 e. The maximum Gasteiger partial charge on any atom is 0.415 e. The molecule has 4 nitrogen and oxygen atoms in total. The van der Waals surface area contributed by atoms with Crippen molar-refractivity contribution in [3.05, 3.63) is 52.5 Å². The fourth-order valence-electron chi connectivity index (χ4n) is 3.72. The molecule has 3 aliphatic rings. The molecule has 0 saturated carbocycles. The summed E-state index contributed by atoms with van der Waals surface area (Å²) in [6.45, 7) is 3.28. The average Bonchev–Trinajstić information content (AvgIpc) is 3.15. The average molecular weight is 397 g/mol. The summed E-state index contributed by atoms with van der Waals surface area (Å²) >= 11 is 1.56. The van der Waals surface area contributed by atoms with Crippen molar-refractivity contribution >= 4 is 35.5 Å². The number of piperidine rings is 3. The maximum absolute atomic E-state index is 14.3. The molecule has 4 heterocycles. The van der Waals surface area contributed by atoms with Gasteiger partial charge in [-0.3, -0.25) is 9.80 Å². The fraction of sp³-hybridized carbons (Fsp3) is 0.421. The molecule has 7 heteroatoms. The minimum Gasteiger partial charge on any atom is -0.444 e. The molecule has 1 aromatic carbocycles. The molecule has 0 unspecified atom stereocenters. The van der Waals surface area contributed by atoms with Gasteiger partial charge in [-0.2, -0.15) is 11.3 Å². The summed E-state index contributed by atoms with van der Waals surface area (Å²) in [5.74, 6) is 0.0150. The Hall–Kier alpha value is -1.63. The first-order chi connectivity index (χ1) is 12.2. The van der Waals surface area contributed by atoms with E-state index in [2.05, 4.69) is 4.90 Å². The molecular formula is C19H22ClFN2O2S. The summed E-state index contributed by atoms with van der Waals surface area (Å²) in [7, 11) is 0. The van der Waals surface area contributed by atoms with Gasteiger partial charge in [0.2, 0.25) is 0 Å². The number of hydrogen-bond acceptors (Lipinski definition) is 4. The van der Waals surface area contributed by atoms with Gasteiger partial charge in [-0.1, -0.05) is 12.1 Å². The van der Waals surface area contributed by atoms with Crippen LogP contribution in [0, 0.1) is 11.7 Å². The molecule has 1 amide bonds. The number of ether oxygens (including phenoxy) is 1. The van der Waals surface area contributed by atoms with E-state index >= 15 is 0 Å². The molecule has 1 atom stereocenters. The predicted octanol–water partition coefficient (Wildman–Crippen LogP) is 4.55. The van der Waals surface area contributed by atoms with Gasteiger partial charge in [0.15, 0.2) is 0 Å². The van der Waals surface area contributed by atoms with Crippen LogP contribution in [0.1, 0.15) is 18.4 Å². The van der Waals surface area contributed by atoms with Gasteiger partial charge < -0.3 is 4.74 Å². The van der Waals surface area contributed by atoms with Crippen molar-refractivity contribution in [2.45, 2.75) is 25.5 Å². The van der Waals surface area contributed by atoms with Gasteiger partial charge in [-0.15, -0.1) is 12.4 Å². The number of carbonyl (C=O) groups is 1. The third-order valence-corrected chi connectivity index (χ3v) is 5.86. The first-order valence-corrected chi connectivity index (χ1v) is 9.61. The van der Waals surface area contributed by atoms with Gasteiger partial charge in [0.25, 0.3) is 0 Å². The van der Waals surface area contributed by atoms with Gasteiger partial charge >= 0.3 is 6.09 Å². The van der Waals surface area contributed by atoms with E-state index in [1.165, 1.54) is 11.0 Å². The lowest BCUT2D eigenvalue weighted by molar-refractivity contribution is -0.0311. The number of amides is 1.